The average Bonchev–Trinajstić information content (AvgIpc) is 2.46. The van der Waals surface area contributed by atoms with E-state index in [1.807, 2.05) is 0 Å². The third-order valence-electron chi connectivity index (χ3n) is 2.40. The van der Waals surface area contributed by atoms with Gasteiger partial charge in [-0.05, 0) is 18.1 Å². The fourth-order valence-corrected chi connectivity index (χ4v) is 1.55. The predicted octanol–water partition coefficient (Wildman–Crippen LogP) is -0.221. The van der Waals surface area contributed by atoms with E-state index in [2.05, 4.69) is 22.1 Å². The molecule has 1 atom stereocenters. The third kappa shape index (κ3) is 4.03. The Labute approximate surface area is 110 Å². The lowest BCUT2D eigenvalue weighted by molar-refractivity contribution is -0.142. The number of carbonyl (C=O) groups is 1. The first-order chi connectivity index (χ1) is 9.29. The molecule has 1 aromatic heterocycles. The summed E-state index contributed by atoms with van der Waals surface area (Å²) < 4.78 is 10.4. The van der Waals surface area contributed by atoms with E-state index in [0.717, 1.165) is 0 Å². The second kappa shape index (κ2) is 6.85. The SMILES string of the molecule is O=C(Nc1cccc(C#CCO)n1)C1COCCO1. The Morgan fingerprint density at radius 1 is 1.53 bits per heavy atom. The Balaban J connectivity index is 1.99. The van der Waals surface area contributed by atoms with Crippen molar-refractivity contribution in [3.8, 4) is 11.8 Å². The molecule has 2 N–H and O–H groups in total. The number of carbonyl (C=O) groups excluding carboxylic acids is 1. The molecular weight excluding hydrogens is 248 g/mol. The molecule has 1 unspecified atom stereocenters. The minimum Gasteiger partial charge on any atom is -0.384 e. The molecule has 1 aromatic rings. The zero-order chi connectivity index (χ0) is 13.5. The highest BCUT2D eigenvalue weighted by atomic mass is 16.6. The number of aromatic nitrogens is 1. The highest BCUT2D eigenvalue weighted by Crippen LogP contribution is 2.07. The van der Waals surface area contributed by atoms with E-state index in [9.17, 15) is 4.79 Å². The van der Waals surface area contributed by atoms with Crippen LogP contribution in [0, 0.1) is 11.8 Å². The van der Waals surface area contributed by atoms with Crippen LogP contribution in [0.4, 0.5) is 5.82 Å². The molecule has 6 heteroatoms. The molecule has 1 fully saturated rings. The first kappa shape index (κ1) is 13.5. The lowest BCUT2D eigenvalue weighted by Gasteiger charge is -2.21. The van der Waals surface area contributed by atoms with Crippen LogP contribution >= 0.6 is 0 Å². The van der Waals surface area contributed by atoms with Crippen molar-refractivity contribution < 1.29 is 19.4 Å². The molecule has 100 valence electrons. The van der Waals surface area contributed by atoms with Crippen molar-refractivity contribution in [1.82, 2.24) is 4.98 Å². The number of amides is 1. The molecule has 0 spiro atoms. The van der Waals surface area contributed by atoms with E-state index in [4.69, 9.17) is 14.6 Å². The second-order valence-electron chi connectivity index (χ2n) is 3.79. The molecule has 0 bridgehead atoms. The van der Waals surface area contributed by atoms with Gasteiger partial charge in [-0.25, -0.2) is 4.98 Å². The molecule has 0 aromatic carbocycles. The standard InChI is InChI=1S/C13H14N2O4/c16-6-2-4-10-3-1-5-12(14-10)15-13(17)11-9-18-7-8-19-11/h1,3,5,11,16H,6-9H2,(H,14,15,17). The fraction of sp³-hybridized carbons (Fsp3) is 0.385. The van der Waals surface area contributed by atoms with Crippen LogP contribution in [-0.4, -0.2) is 48.5 Å². The predicted molar refractivity (Wildman–Crippen MR) is 67.4 cm³/mol. The summed E-state index contributed by atoms with van der Waals surface area (Å²) in [5.41, 5.74) is 0.479. The summed E-state index contributed by atoms with van der Waals surface area (Å²) >= 11 is 0. The summed E-state index contributed by atoms with van der Waals surface area (Å²) in [6, 6.07) is 5.08. The van der Waals surface area contributed by atoms with Crippen molar-refractivity contribution in [2.24, 2.45) is 0 Å². The van der Waals surface area contributed by atoms with Gasteiger partial charge in [-0.3, -0.25) is 4.79 Å². The molecule has 6 nitrogen and oxygen atoms in total. The molecule has 1 aliphatic heterocycles. The van der Waals surface area contributed by atoms with Gasteiger partial charge in [0, 0.05) is 0 Å². The number of hydrogen-bond donors (Lipinski definition) is 2. The Hall–Kier alpha value is -1.94. The fourth-order valence-electron chi connectivity index (χ4n) is 1.55. The number of pyridine rings is 1. The number of rotatable bonds is 2. The first-order valence-corrected chi connectivity index (χ1v) is 5.86. The average molecular weight is 262 g/mol. The summed E-state index contributed by atoms with van der Waals surface area (Å²) in [6.07, 6.45) is -0.609. The van der Waals surface area contributed by atoms with E-state index in [1.165, 1.54) is 0 Å². The van der Waals surface area contributed by atoms with Crippen molar-refractivity contribution >= 4 is 11.7 Å². The monoisotopic (exact) mass is 262 g/mol. The van der Waals surface area contributed by atoms with Gasteiger partial charge in [-0.2, -0.15) is 0 Å². The lowest BCUT2D eigenvalue weighted by atomic mass is 10.3. The smallest absolute Gasteiger partial charge is 0.257 e. The molecule has 0 saturated carbocycles. The molecule has 0 aliphatic carbocycles. The van der Waals surface area contributed by atoms with Crippen LogP contribution in [0.15, 0.2) is 18.2 Å². The van der Waals surface area contributed by atoms with Crippen LogP contribution in [0.5, 0.6) is 0 Å². The van der Waals surface area contributed by atoms with Crippen LogP contribution in [0.25, 0.3) is 0 Å². The van der Waals surface area contributed by atoms with E-state index in [1.54, 1.807) is 18.2 Å². The summed E-state index contributed by atoms with van der Waals surface area (Å²) in [5, 5.41) is 11.3. The highest BCUT2D eigenvalue weighted by molar-refractivity contribution is 5.93. The number of nitrogens with zero attached hydrogens (tertiary/aromatic N) is 1. The maximum Gasteiger partial charge on any atom is 0.257 e. The maximum absolute atomic E-state index is 11.9. The highest BCUT2D eigenvalue weighted by Gasteiger charge is 2.22. The Bertz CT molecular complexity index is 501. The Kier molecular flexibility index (Phi) is 4.86. The normalized spacial score (nSPS) is 18.3. The molecule has 19 heavy (non-hydrogen) atoms. The van der Waals surface area contributed by atoms with E-state index in [0.29, 0.717) is 24.7 Å². The van der Waals surface area contributed by atoms with Crippen molar-refractivity contribution in [3.05, 3.63) is 23.9 Å². The molecule has 0 radical (unpaired) electrons. The molecule has 2 rings (SSSR count). The second-order valence-corrected chi connectivity index (χ2v) is 3.79. The number of hydrogen-bond acceptors (Lipinski definition) is 5. The van der Waals surface area contributed by atoms with Crippen LogP contribution in [0.3, 0.4) is 0 Å². The Morgan fingerprint density at radius 2 is 2.42 bits per heavy atom. The minimum atomic E-state index is -0.609. The van der Waals surface area contributed by atoms with Gasteiger partial charge in [0.1, 0.15) is 18.1 Å². The number of aliphatic hydroxyl groups is 1. The van der Waals surface area contributed by atoms with Gasteiger partial charge in [-0.1, -0.05) is 12.0 Å². The lowest BCUT2D eigenvalue weighted by Crippen LogP contribution is -2.39. The van der Waals surface area contributed by atoms with Crippen molar-refractivity contribution in [2.75, 3.05) is 31.7 Å². The maximum atomic E-state index is 11.9. The number of ether oxygens (including phenoxy) is 2. The van der Waals surface area contributed by atoms with E-state index < -0.39 is 6.10 Å². The molecular formula is C13H14N2O4. The van der Waals surface area contributed by atoms with Gasteiger partial charge in [0.15, 0.2) is 6.10 Å². The zero-order valence-corrected chi connectivity index (χ0v) is 10.3. The van der Waals surface area contributed by atoms with Crippen LogP contribution in [0.1, 0.15) is 5.69 Å². The minimum absolute atomic E-state index is 0.231. The van der Waals surface area contributed by atoms with Crippen molar-refractivity contribution in [1.29, 1.82) is 0 Å². The van der Waals surface area contributed by atoms with Crippen LogP contribution < -0.4 is 5.32 Å². The number of anilines is 1. The topological polar surface area (TPSA) is 80.7 Å². The zero-order valence-electron chi connectivity index (χ0n) is 10.3. The van der Waals surface area contributed by atoms with Gasteiger partial charge in [-0.15, -0.1) is 0 Å². The number of aliphatic hydroxyl groups excluding tert-OH is 1. The van der Waals surface area contributed by atoms with Gasteiger partial charge in [0.05, 0.1) is 19.8 Å². The number of nitrogens with one attached hydrogen (secondary N) is 1. The van der Waals surface area contributed by atoms with Crippen LogP contribution in [0.2, 0.25) is 0 Å². The van der Waals surface area contributed by atoms with E-state index in [-0.39, 0.29) is 19.1 Å². The molecule has 1 saturated heterocycles. The van der Waals surface area contributed by atoms with Gasteiger partial charge < -0.3 is 19.9 Å². The van der Waals surface area contributed by atoms with Crippen molar-refractivity contribution in [3.63, 3.8) is 0 Å². The van der Waals surface area contributed by atoms with E-state index >= 15 is 0 Å². The summed E-state index contributed by atoms with van der Waals surface area (Å²) in [5.74, 6) is 5.26. The summed E-state index contributed by atoms with van der Waals surface area (Å²) in [7, 11) is 0. The molecule has 2 heterocycles. The quantitative estimate of drug-likeness (QED) is 0.720. The molecule has 1 amide bonds. The Morgan fingerprint density at radius 3 is 3.16 bits per heavy atom. The van der Waals surface area contributed by atoms with Gasteiger partial charge in [0.2, 0.25) is 0 Å². The van der Waals surface area contributed by atoms with Gasteiger partial charge in [0.25, 0.3) is 5.91 Å². The van der Waals surface area contributed by atoms with Crippen LogP contribution in [-0.2, 0) is 14.3 Å². The summed E-state index contributed by atoms with van der Waals surface area (Å²) in [6.45, 7) is 0.934. The van der Waals surface area contributed by atoms with Crippen molar-refractivity contribution in [2.45, 2.75) is 6.10 Å². The van der Waals surface area contributed by atoms with Gasteiger partial charge >= 0.3 is 0 Å². The summed E-state index contributed by atoms with van der Waals surface area (Å²) in [4.78, 5) is 16.0. The first-order valence-electron chi connectivity index (χ1n) is 5.86. The molecule has 1 aliphatic rings. The largest absolute Gasteiger partial charge is 0.384 e. The third-order valence-corrected chi connectivity index (χ3v) is 2.40.